The Morgan fingerprint density at radius 1 is 1.50 bits per heavy atom. The number of aromatic nitrogens is 5. The second-order valence-electron chi connectivity index (χ2n) is 2.75. The second-order valence-corrected chi connectivity index (χ2v) is 2.75. The van der Waals surface area contributed by atoms with Crippen molar-refractivity contribution in [3.8, 4) is 11.5 Å². The number of H-pyrrole nitrogens is 1. The normalized spacial score (nSPS) is 10.4. The first-order chi connectivity index (χ1) is 6.66. The first-order valence-corrected chi connectivity index (χ1v) is 3.87. The van der Waals surface area contributed by atoms with Gasteiger partial charge in [0, 0.05) is 7.05 Å². The number of aromatic amines is 1. The lowest BCUT2D eigenvalue weighted by Crippen LogP contribution is -2.16. The zero-order valence-electron chi connectivity index (χ0n) is 7.43. The molecule has 0 aromatic carbocycles. The number of hydrogen-bond acceptors (Lipinski definition) is 5. The summed E-state index contributed by atoms with van der Waals surface area (Å²) in [5.74, 6) is 0.312. The van der Waals surface area contributed by atoms with Crippen LogP contribution in [0.1, 0.15) is 0 Å². The molecule has 0 radical (unpaired) electrons. The summed E-state index contributed by atoms with van der Waals surface area (Å²) < 4.78 is 1.72. The highest BCUT2D eigenvalue weighted by Crippen LogP contribution is 2.10. The number of nitrogens with two attached hydrogens (primary N) is 1. The molecule has 2 aromatic heterocycles. The van der Waals surface area contributed by atoms with Crippen molar-refractivity contribution in [2.75, 3.05) is 5.73 Å². The molecule has 0 bridgehead atoms. The third-order valence-electron chi connectivity index (χ3n) is 1.73. The predicted octanol–water partition coefficient (Wildman–Crippen LogP) is -0.852. The topological polar surface area (TPSA) is 102 Å². The molecule has 2 heterocycles. The number of anilines is 1. The van der Waals surface area contributed by atoms with E-state index in [-0.39, 0.29) is 5.95 Å². The first-order valence-electron chi connectivity index (χ1n) is 3.87. The number of nitrogen functional groups attached to an aromatic ring is 1. The third-order valence-corrected chi connectivity index (χ3v) is 1.73. The Kier molecular flexibility index (Phi) is 1.77. The maximum atomic E-state index is 11.0. The largest absolute Gasteiger partial charge is 0.368 e. The lowest BCUT2D eigenvalue weighted by Gasteiger charge is -2.00. The van der Waals surface area contributed by atoms with Crippen molar-refractivity contribution in [1.29, 1.82) is 0 Å². The third kappa shape index (κ3) is 1.35. The minimum absolute atomic E-state index is 0.0510. The summed E-state index contributed by atoms with van der Waals surface area (Å²) in [7, 11) is 1.79. The number of rotatable bonds is 1. The minimum Gasteiger partial charge on any atom is -0.368 e. The van der Waals surface area contributed by atoms with Gasteiger partial charge >= 0.3 is 5.69 Å². The van der Waals surface area contributed by atoms with Crippen LogP contribution in [0.5, 0.6) is 0 Å². The van der Waals surface area contributed by atoms with Crippen LogP contribution < -0.4 is 11.4 Å². The van der Waals surface area contributed by atoms with E-state index in [2.05, 4.69) is 19.9 Å². The van der Waals surface area contributed by atoms with Crippen molar-refractivity contribution < 1.29 is 0 Å². The fourth-order valence-corrected chi connectivity index (χ4v) is 1.11. The van der Waals surface area contributed by atoms with Gasteiger partial charge in [-0.1, -0.05) is 0 Å². The zero-order chi connectivity index (χ0) is 10.1. The molecule has 2 aromatic rings. The van der Waals surface area contributed by atoms with Gasteiger partial charge in [-0.05, 0) is 0 Å². The summed E-state index contributed by atoms with van der Waals surface area (Å²) in [6, 6.07) is 0. The number of nitrogens with one attached hydrogen (secondary N) is 1. The molecular weight excluding hydrogens is 184 g/mol. The molecule has 72 valence electrons. The van der Waals surface area contributed by atoms with Crippen LogP contribution in [0, 0.1) is 0 Å². The molecule has 14 heavy (non-hydrogen) atoms. The van der Waals surface area contributed by atoms with Crippen LogP contribution in [-0.4, -0.2) is 24.5 Å². The molecule has 7 nitrogen and oxygen atoms in total. The molecule has 0 aliphatic carbocycles. The second kappa shape index (κ2) is 2.95. The fraction of sp³-hybridized carbons (Fsp3) is 0.143. The van der Waals surface area contributed by atoms with E-state index in [1.165, 1.54) is 0 Å². The molecule has 0 unspecified atom stereocenters. The van der Waals surface area contributed by atoms with Crippen molar-refractivity contribution >= 4 is 5.95 Å². The molecule has 0 saturated heterocycles. The molecule has 0 atom stereocenters. The Balaban J connectivity index is 2.63. The number of aryl methyl sites for hydroxylation is 1. The Hall–Kier alpha value is -2.18. The zero-order valence-corrected chi connectivity index (χ0v) is 7.43. The lowest BCUT2D eigenvalue weighted by atomic mass is 10.4. The van der Waals surface area contributed by atoms with Crippen molar-refractivity contribution in [2.45, 2.75) is 0 Å². The summed E-state index contributed by atoms with van der Waals surface area (Å²) >= 11 is 0. The average molecular weight is 192 g/mol. The maximum absolute atomic E-state index is 11.0. The minimum atomic E-state index is -0.520. The Morgan fingerprint density at radius 2 is 2.29 bits per heavy atom. The number of nitrogens with zero attached hydrogens (tertiary/aromatic N) is 4. The van der Waals surface area contributed by atoms with Crippen LogP contribution in [0.3, 0.4) is 0 Å². The smallest absolute Gasteiger partial charge is 0.349 e. The van der Waals surface area contributed by atoms with Gasteiger partial charge in [0.05, 0.1) is 12.5 Å². The van der Waals surface area contributed by atoms with E-state index in [1.54, 1.807) is 24.1 Å². The molecule has 0 aliphatic heterocycles. The highest BCUT2D eigenvalue weighted by atomic mass is 16.1. The summed E-state index contributed by atoms with van der Waals surface area (Å²) in [6.07, 6.45) is 3.18. The molecular formula is C7H8N6O. The van der Waals surface area contributed by atoms with Crippen LogP contribution in [0.2, 0.25) is 0 Å². The predicted molar refractivity (Wildman–Crippen MR) is 49.3 cm³/mol. The quantitative estimate of drug-likeness (QED) is 0.612. The Labute approximate surface area is 78.7 Å². The first kappa shape index (κ1) is 8.42. The van der Waals surface area contributed by atoms with Crippen LogP contribution in [0.25, 0.3) is 11.5 Å². The van der Waals surface area contributed by atoms with Crippen LogP contribution in [0.15, 0.2) is 17.3 Å². The van der Waals surface area contributed by atoms with Gasteiger partial charge in [-0.25, -0.2) is 9.78 Å². The van der Waals surface area contributed by atoms with E-state index in [4.69, 9.17) is 5.73 Å². The van der Waals surface area contributed by atoms with Gasteiger partial charge in [0.25, 0.3) is 0 Å². The highest BCUT2D eigenvalue weighted by Gasteiger charge is 2.06. The van der Waals surface area contributed by atoms with E-state index in [9.17, 15) is 4.79 Å². The Bertz CT molecular complexity index is 513. The number of hydrogen-bond donors (Lipinski definition) is 2. The van der Waals surface area contributed by atoms with E-state index >= 15 is 0 Å². The van der Waals surface area contributed by atoms with E-state index < -0.39 is 5.69 Å². The Morgan fingerprint density at radius 3 is 2.86 bits per heavy atom. The summed E-state index contributed by atoms with van der Waals surface area (Å²) in [4.78, 5) is 24.7. The number of imidazole rings is 1. The molecule has 0 amide bonds. The standard InChI is InChI=1S/C7H8N6O/c1-13-3-9-2-4(13)5-10-6(8)12-7(14)11-5/h2-3H,1H3,(H3,8,10,11,12,14). The van der Waals surface area contributed by atoms with Gasteiger partial charge in [-0.2, -0.15) is 9.97 Å². The molecule has 3 N–H and O–H groups in total. The fourth-order valence-electron chi connectivity index (χ4n) is 1.11. The van der Waals surface area contributed by atoms with Crippen molar-refractivity contribution in [3.63, 3.8) is 0 Å². The molecule has 7 heteroatoms. The van der Waals surface area contributed by atoms with Gasteiger partial charge in [0.2, 0.25) is 5.95 Å². The van der Waals surface area contributed by atoms with E-state index in [0.29, 0.717) is 11.5 Å². The summed E-state index contributed by atoms with van der Waals surface area (Å²) in [5.41, 5.74) is 5.50. The van der Waals surface area contributed by atoms with Crippen molar-refractivity contribution in [3.05, 3.63) is 23.0 Å². The van der Waals surface area contributed by atoms with Gasteiger partial charge in [0.15, 0.2) is 5.82 Å². The van der Waals surface area contributed by atoms with Gasteiger partial charge in [-0.3, -0.25) is 4.98 Å². The van der Waals surface area contributed by atoms with Gasteiger partial charge < -0.3 is 10.3 Å². The maximum Gasteiger partial charge on any atom is 0.349 e. The lowest BCUT2D eigenvalue weighted by molar-refractivity contribution is 0.897. The van der Waals surface area contributed by atoms with Gasteiger partial charge in [-0.15, -0.1) is 0 Å². The van der Waals surface area contributed by atoms with E-state index in [0.717, 1.165) is 0 Å². The highest BCUT2D eigenvalue weighted by molar-refractivity contribution is 5.48. The molecule has 0 saturated carbocycles. The molecule has 2 rings (SSSR count). The average Bonchev–Trinajstić information content (AvgIpc) is 2.49. The van der Waals surface area contributed by atoms with Gasteiger partial charge in [0.1, 0.15) is 5.69 Å². The monoisotopic (exact) mass is 192 g/mol. The van der Waals surface area contributed by atoms with Crippen LogP contribution in [-0.2, 0) is 7.05 Å². The SMILES string of the molecule is Cn1cncc1-c1nc(N)nc(=O)[nH]1. The molecule has 0 spiro atoms. The molecule has 0 fully saturated rings. The summed E-state index contributed by atoms with van der Waals surface area (Å²) in [6.45, 7) is 0. The van der Waals surface area contributed by atoms with E-state index in [1.807, 2.05) is 0 Å². The van der Waals surface area contributed by atoms with Crippen molar-refractivity contribution in [2.24, 2.45) is 7.05 Å². The van der Waals surface area contributed by atoms with Crippen LogP contribution in [0.4, 0.5) is 5.95 Å². The summed E-state index contributed by atoms with van der Waals surface area (Å²) in [5, 5.41) is 0. The van der Waals surface area contributed by atoms with Crippen LogP contribution >= 0.6 is 0 Å². The van der Waals surface area contributed by atoms with Crippen molar-refractivity contribution in [1.82, 2.24) is 24.5 Å². The molecule has 0 aliphatic rings.